The summed E-state index contributed by atoms with van der Waals surface area (Å²) in [5, 5.41) is 18.0. The van der Waals surface area contributed by atoms with E-state index < -0.39 is 0 Å². The molecule has 0 spiro atoms. The lowest BCUT2D eigenvalue weighted by molar-refractivity contribution is 0.102. The van der Waals surface area contributed by atoms with Crippen LogP contribution in [0.4, 0.5) is 5.82 Å². The number of phenolic OH excluding ortho intramolecular Hbond substituents is 1. The Morgan fingerprint density at radius 1 is 1.12 bits per heavy atom. The molecule has 0 aliphatic rings. The molecule has 4 rings (SSSR count). The van der Waals surface area contributed by atoms with E-state index in [0.717, 1.165) is 34.0 Å². The van der Waals surface area contributed by atoms with Crippen molar-refractivity contribution in [3.63, 3.8) is 0 Å². The van der Waals surface area contributed by atoms with Crippen LogP contribution in [0.15, 0.2) is 59.3 Å². The lowest BCUT2D eigenvalue weighted by atomic mass is 10.1. The molecule has 0 aliphatic carbocycles. The number of hydrogen-bond donors (Lipinski definition) is 2. The number of nitrogens with one attached hydrogen (secondary N) is 1. The van der Waals surface area contributed by atoms with Crippen LogP contribution in [-0.4, -0.2) is 30.8 Å². The third-order valence-corrected chi connectivity index (χ3v) is 6.05. The third kappa shape index (κ3) is 5.39. The number of nitrogens with zero attached hydrogens (tertiary/aromatic N) is 4. The van der Waals surface area contributed by atoms with Gasteiger partial charge in [-0.15, -0.1) is 0 Å². The molecule has 0 unspecified atom stereocenters. The fraction of sp³-hybridized carbons (Fsp3) is 0.280. The molecule has 2 N–H and O–H groups in total. The van der Waals surface area contributed by atoms with E-state index in [1.165, 1.54) is 25.5 Å². The maximum Gasteiger partial charge on any atom is 0.258 e. The molecule has 3 heterocycles. The first-order valence-corrected chi connectivity index (χ1v) is 11.9. The highest BCUT2D eigenvalue weighted by Gasteiger charge is 2.18. The largest absolute Gasteiger partial charge is 0.508 e. The number of amides is 1. The highest BCUT2D eigenvalue weighted by Crippen LogP contribution is 2.33. The van der Waals surface area contributed by atoms with Crippen molar-refractivity contribution < 1.29 is 9.90 Å². The van der Waals surface area contributed by atoms with Gasteiger partial charge in [-0.05, 0) is 64.8 Å². The molecule has 0 fully saturated rings. The summed E-state index contributed by atoms with van der Waals surface area (Å²) in [4.78, 5) is 21.7. The molecular weight excluding hydrogens is 482 g/mol. The summed E-state index contributed by atoms with van der Waals surface area (Å²) >= 11 is 3.62. The molecule has 7 nitrogen and oxygen atoms in total. The second-order valence-electron chi connectivity index (χ2n) is 7.92. The number of pyridine rings is 2. The predicted molar refractivity (Wildman–Crippen MR) is 133 cm³/mol. The number of carbonyl (C=O) groups excluding carboxylic acids is 1. The van der Waals surface area contributed by atoms with E-state index in [0.29, 0.717) is 23.6 Å². The summed E-state index contributed by atoms with van der Waals surface area (Å²) in [6, 6.07) is 12.3. The van der Waals surface area contributed by atoms with Crippen molar-refractivity contribution in [2.24, 2.45) is 0 Å². The molecule has 33 heavy (non-hydrogen) atoms. The zero-order chi connectivity index (χ0) is 23.2. The number of carbonyl (C=O) groups is 1. The number of aryl methyl sites for hydroxylation is 1. The molecule has 0 radical (unpaired) electrons. The molecule has 0 saturated heterocycles. The minimum atomic E-state index is -0.267. The van der Waals surface area contributed by atoms with Crippen LogP contribution in [0.3, 0.4) is 0 Å². The first-order chi connectivity index (χ1) is 16.1. The van der Waals surface area contributed by atoms with Crippen LogP contribution in [-0.2, 0) is 6.54 Å². The Morgan fingerprint density at radius 2 is 1.91 bits per heavy atom. The number of rotatable bonds is 9. The zero-order valence-electron chi connectivity index (χ0n) is 18.5. The maximum atomic E-state index is 12.7. The number of hydrogen-bond acceptors (Lipinski definition) is 5. The van der Waals surface area contributed by atoms with E-state index in [4.69, 9.17) is 10.1 Å². The summed E-state index contributed by atoms with van der Waals surface area (Å²) in [6.45, 7) is 2.91. The standard InChI is InChI=1S/C25H26BrN5O2/c1-2-3-4-5-6-14-31-24-20(23(30-31)29-25(33)18-8-7-13-27-16-18)15-21(26)22(28-24)17-9-11-19(32)12-10-17/h7-13,15-16,32H,2-6,14H2,1H3,(H,29,30,33). The van der Waals surface area contributed by atoms with Crippen molar-refractivity contribution in [3.8, 4) is 17.0 Å². The first kappa shape index (κ1) is 22.9. The van der Waals surface area contributed by atoms with E-state index in [-0.39, 0.29) is 11.7 Å². The molecule has 0 aliphatic heterocycles. The van der Waals surface area contributed by atoms with Gasteiger partial charge in [0, 0.05) is 29.0 Å². The van der Waals surface area contributed by atoms with Gasteiger partial charge in [0.1, 0.15) is 5.75 Å². The molecule has 8 heteroatoms. The average Bonchev–Trinajstić information content (AvgIpc) is 3.15. The van der Waals surface area contributed by atoms with Crippen molar-refractivity contribution in [1.82, 2.24) is 19.7 Å². The Hall–Kier alpha value is -3.26. The number of anilines is 1. The van der Waals surface area contributed by atoms with Gasteiger partial charge >= 0.3 is 0 Å². The Morgan fingerprint density at radius 3 is 2.64 bits per heavy atom. The number of aromatic nitrogens is 4. The van der Waals surface area contributed by atoms with Gasteiger partial charge in [-0.25, -0.2) is 9.67 Å². The SMILES string of the molecule is CCCCCCCn1nc(NC(=O)c2cccnc2)c2cc(Br)c(-c3ccc(O)cc3)nc21. The zero-order valence-corrected chi connectivity index (χ0v) is 20.0. The average molecular weight is 508 g/mol. The van der Waals surface area contributed by atoms with Gasteiger partial charge in [-0.2, -0.15) is 5.10 Å². The van der Waals surface area contributed by atoms with E-state index >= 15 is 0 Å². The van der Waals surface area contributed by atoms with Crippen LogP contribution < -0.4 is 5.32 Å². The van der Waals surface area contributed by atoms with Crippen LogP contribution in [0.2, 0.25) is 0 Å². The van der Waals surface area contributed by atoms with Crippen molar-refractivity contribution >= 4 is 38.7 Å². The lowest BCUT2D eigenvalue weighted by Crippen LogP contribution is -2.13. The number of phenols is 1. The van der Waals surface area contributed by atoms with Gasteiger partial charge in [0.05, 0.1) is 16.6 Å². The van der Waals surface area contributed by atoms with Crippen molar-refractivity contribution in [2.45, 2.75) is 45.6 Å². The number of unbranched alkanes of at least 4 members (excludes halogenated alkanes) is 4. The van der Waals surface area contributed by atoms with Crippen LogP contribution in [0.1, 0.15) is 49.4 Å². The van der Waals surface area contributed by atoms with Gasteiger partial charge in [0.15, 0.2) is 11.5 Å². The second kappa shape index (κ2) is 10.6. The van der Waals surface area contributed by atoms with E-state index in [2.05, 4.69) is 33.2 Å². The maximum absolute atomic E-state index is 12.7. The monoisotopic (exact) mass is 507 g/mol. The number of fused-ring (bicyclic) bond motifs is 1. The van der Waals surface area contributed by atoms with Crippen molar-refractivity contribution in [3.05, 3.63) is 64.9 Å². The normalized spacial score (nSPS) is 11.1. The van der Waals surface area contributed by atoms with E-state index in [9.17, 15) is 9.90 Å². The Labute approximate surface area is 201 Å². The van der Waals surface area contributed by atoms with Gasteiger partial charge in [-0.1, -0.05) is 32.6 Å². The number of halogens is 1. The second-order valence-corrected chi connectivity index (χ2v) is 8.77. The first-order valence-electron chi connectivity index (χ1n) is 11.1. The smallest absolute Gasteiger partial charge is 0.258 e. The quantitative estimate of drug-likeness (QED) is 0.263. The predicted octanol–water partition coefficient (Wildman–Crippen LogP) is 6.18. The fourth-order valence-corrected chi connectivity index (χ4v) is 4.23. The fourth-order valence-electron chi connectivity index (χ4n) is 3.68. The highest BCUT2D eigenvalue weighted by molar-refractivity contribution is 9.10. The minimum absolute atomic E-state index is 0.202. The molecule has 4 aromatic rings. The molecule has 1 aromatic carbocycles. The lowest BCUT2D eigenvalue weighted by Gasteiger charge is -2.07. The Balaban J connectivity index is 1.70. The summed E-state index contributed by atoms with van der Waals surface area (Å²) in [6.07, 6.45) is 8.87. The molecule has 3 aromatic heterocycles. The molecular formula is C25H26BrN5O2. The number of benzene rings is 1. The highest BCUT2D eigenvalue weighted by atomic mass is 79.9. The van der Waals surface area contributed by atoms with Crippen LogP contribution >= 0.6 is 15.9 Å². The van der Waals surface area contributed by atoms with E-state index in [1.807, 2.05) is 22.9 Å². The minimum Gasteiger partial charge on any atom is -0.508 e. The van der Waals surface area contributed by atoms with Crippen LogP contribution in [0, 0.1) is 0 Å². The Bertz CT molecular complexity index is 1240. The molecule has 170 valence electrons. The van der Waals surface area contributed by atoms with Gasteiger partial charge < -0.3 is 10.4 Å². The van der Waals surface area contributed by atoms with Crippen LogP contribution in [0.5, 0.6) is 5.75 Å². The van der Waals surface area contributed by atoms with Crippen molar-refractivity contribution in [2.75, 3.05) is 5.32 Å². The Kier molecular flexibility index (Phi) is 7.34. The van der Waals surface area contributed by atoms with Crippen molar-refractivity contribution in [1.29, 1.82) is 0 Å². The molecule has 1 amide bonds. The van der Waals surface area contributed by atoms with Gasteiger partial charge in [-0.3, -0.25) is 9.78 Å². The van der Waals surface area contributed by atoms with Crippen LogP contribution in [0.25, 0.3) is 22.3 Å². The number of aromatic hydroxyl groups is 1. The molecule has 0 bridgehead atoms. The third-order valence-electron chi connectivity index (χ3n) is 5.45. The summed E-state index contributed by atoms with van der Waals surface area (Å²) in [5.41, 5.74) is 2.80. The summed E-state index contributed by atoms with van der Waals surface area (Å²) in [7, 11) is 0. The molecule has 0 saturated carbocycles. The summed E-state index contributed by atoms with van der Waals surface area (Å²) < 4.78 is 2.65. The topological polar surface area (TPSA) is 92.9 Å². The van der Waals surface area contributed by atoms with Gasteiger partial charge in [0.25, 0.3) is 5.91 Å². The van der Waals surface area contributed by atoms with E-state index in [1.54, 1.807) is 30.5 Å². The van der Waals surface area contributed by atoms with Gasteiger partial charge in [0.2, 0.25) is 0 Å². The molecule has 0 atom stereocenters. The summed E-state index contributed by atoms with van der Waals surface area (Å²) in [5.74, 6) is 0.405.